The van der Waals surface area contributed by atoms with Gasteiger partial charge in [-0.15, -0.1) is 0 Å². The summed E-state index contributed by atoms with van der Waals surface area (Å²) in [6.07, 6.45) is 10.4. The maximum Gasteiger partial charge on any atom is 0.178 e. The number of hydrogen-bond donors (Lipinski definition) is 1. The first kappa shape index (κ1) is 20.1. The zero-order chi connectivity index (χ0) is 20.5. The van der Waals surface area contributed by atoms with Crippen molar-refractivity contribution in [3.8, 4) is 0 Å². The number of aliphatic hydroxyl groups is 1. The third-order valence-electron chi connectivity index (χ3n) is 9.84. The molecule has 4 aliphatic carbocycles. The van der Waals surface area contributed by atoms with E-state index < -0.39 is 0 Å². The Kier molecular flexibility index (Phi) is 4.58. The molecule has 0 amide bonds. The third-order valence-corrected chi connectivity index (χ3v) is 9.84. The first-order valence-corrected chi connectivity index (χ1v) is 11.2. The van der Waals surface area contributed by atoms with Gasteiger partial charge in [0.25, 0.3) is 0 Å². The van der Waals surface area contributed by atoms with Crippen LogP contribution in [0.3, 0.4) is 0 Å². The van der Waals surface area contributed by atoms with E-state index in [-0.39, 0.29) is 34.1 Å². The number of carbonyl (C=O) groups excluding carboxylic acids is 2. The fraction of sp³-hybridized carbons (Fsp3) is 0.760. The number of Topliss-reactive ketones (excluding diaryl/α,β-unsaturated/α-hetero) is 1. The Morgan fingerprint density at radius 3 is 2.68 bits per heavy atom. The zero-order valence-electron chi connectivity index (χ0n) is 18.1. The molecule has 3 fully saturated rings. The highest BCUT2D eigenvalue weighted by atomic mass is 16.3. The van der Waals surface area contributed by atoms with Crippen molar-refractivity contribution < 1.29 is 14.7 Å². The molecule has 0 aliphatic heterocycles. The number of allylic oxidation sites excluding steroid dienone is 4. The highest BCUT2D eigenvalue weighted by Gasteiger charge is 2.66. The van der Waals surface area contributed by atoms with Crippen LogP contribution in [-0.2, 0) is 9.59 Å². The second-order valence-corrected chi connectivity index (χ2v) is 10.8. The van der Waals surface area contributed by atoms with Crippen LogP contribution < -0.4 is 0 Å². The molecule has 8 atom stereocenters. The van der Waals surface area contributed by atoms with E-state index in [0.717, 1.165) is 25.7 Å². The van der Waals surface area contributed by atoms with Gasteiger partial charge in [-0.2, -0.15) is 0 Å². The standard InChI is InChI=1S/C25H36O3/c1-6-17(26)13-24(4)15(2)11-20-19-8-7-16-12-18(27)9-10-23(16,3)22(19)21(28)14-25(20,24)5/h9-10,12,15,19-22,28H,6-8,11,13-14H2,1-5H3/t15-,19?,20+,21?,22-,23?,24+,25?/m1/s1. The quantitative estimate of drug-likeness (QED) is 0.754. The van der Waals surface area contributed by atoms with Gasteiger partial charge in [-0.25, -0.2) is 0 Å². The molecule has 0 spiro atoms. The van der Waals surface area contributed by atoms with Gasteiger partial charge in [-0.1, -0.05) is 46.3 Å². The van der Waals surface area contributed by atoms with Crippen LogP contribution in [-0.4, -0.2) is 22.8 Å². The number of hydrogen-bond acceptors (Lipinski definition) is 3. The first-order valence-electron chi connectivity index (χ1n) is 11.2. The summed E-state index contributed by atoms with van der Waals surface area (Å²) in [7, 11) is 0. The smallest absolute Gasteiger partial charge is 0.178 e. The topological polar surface area (TPSA) is 54.4 Å². The number of carbonyl (C=O) groups is 2. The van der Waals surface area contributed by atoms with Crippen molar-refractivity contribution in [1.82, 2.24) is 0 Å². The Labute approximate surface area is 169 Å². The van der Waals surface area contributed by atoms with Crippen molar-refractivity contribution in [3.05, 3.63) is 23.8 Å². The molecule has 4 unspecified atom stereocenters. The van der Waals surface area contributed by atoms with Gasteiger partial charge < -0.3 is 5.11 Å². The van der Waals surface area contributed by atoms with E-state index in [1.54, 1.807) is 6.08 Å². The van der Waals surface area contributed by atoms with Crippen molar-refractivity contribution in [1.29, 1.82) is 0 Å². The fourth-order valence-electron chi connectivity index (χ4n) is 7.88. The molecule has 0 aromatic rings. The van der Waals surface area contributed by atoms with E-state index in [1.165, 1.54) is 5.57 Å². The Morgan fingerprint density at radius 1 is 1.29 bits per heavy atom. The van der Waals surface area contributed by atoms with Crippen molar-refractivity contribution in [2.45, 2.75) is 79.2 Å². The molecule has 0 saturated heterocycles. The van der Waals surface area contributed by atoms with Crippen molar-refractivity contribution in [2.24, 2.45) is 39.9 Å². The lowest BCUT2D eigenvalue weighted by atomic mass is 9.44. The number of ketones is 2. The zero-order valence-corrected chi connectivity index (χ0v) is 18.1. The summed E-state index contributed by atoms with van der Waals surface area (Å²) in [6, 6.07) is 0. The highest BCUT2D eigenvalue weighted by molar-refractivity contribution is 6.01. The van der Waals surface area contributed by atoms with Gasteiger partial charge >= 0.3 is 0 Å². The second-order valence-electron chi connectivity index (χ2n) is 10.8. The molecule has 0 heterocycles. The molecule has 0 bridgehead atoms. The summed E-state index contributed by atoms with van der Waals surface area (Å²) in [5.41, 5.74) is 0.938. The third kappa shape index (κ3) is 2.51. The maximum atomic E-state index is 12.5. The molecular formula is C25H36O3. The molecule has 4 aliphatic rings. The van der Waals surface area contributed by atoms with Crippen molar-refractivity contribution in [3.63, 3.8) is 0 Å². The summed E-state index contributed by atoms with van der Waals surface area (Å²) in [4.78, 5) is 24.4. The van der Waals surface area contributed by atoms with Crippen LogP contribution in [0.2, 0.25) is 0 Å². The molecule has 3 saturated carbocycles. The lowest BCUT2D eigenvalue weighted by Crippen LogP contribution is -2.57. The summed E-state index contributed by atoms with van der Waals surface area (Å²) >= 11 is 0. The monoisotopic (exact) mass is 384 g/mol. The van der Waals surface area contributed by atoms with Crippen molar-refractivity contribution in [2.75, 3.05) is 0 Å². The molecular weight excluding hydrogens is 348 g/mol. The Morgan fingerprint density at radius 2 is 2.00 bits per heavy atom. The van der Waals surface area contributed by atoms with Gasteiger partial charge in [0.15, 0.2) is 5.78 Å². The molecule has 4 rings (SSSR count). The number of rotatable bonds is 3. The Hall–Kier alpha value is -1.22. The molecule has 0 radical (unpaired) electrons. The van der Waals surface area contributed by atoms with Crippen LogP contribution >= 0.6 is 0 Å². The minimum Gasteiger partial charge on any atom is -0.393 e. The van der Waals surface area contributed by atoms with Crippen LogP contribution in [0.25, 0.3) is 0 Å². The largest absolute Gasteiger partial charge is 0.393 e. The van der Waals surface area contributed by atoms with Gasteiger partial charge in [0.1, 0.15) is 5.78 Å². The van der Waals surface area contributed by atoms with Crippen LogP contribution in [0.5, 0.6) is 0 Å². The maximum absolute atomic E-state index is 12.5. The minimum absolute atomic E-state index is 0.0103. The summed E-state index contributed by atoms with van der Waals surface area (Å²) < 4.78 is 0. The van der Waals surface area contributed by atoms with Crippen LogP contribution in [0.4, 0.5) is 0 Å². The molecule has 0 aromatic carbocycles. The van der Waals surface area contributed by atoms with Crippen LogP contribution in [0.15, 0.2) is 23.8 Å². The fourth-order valence-corrected chi connectivity index (χ4v) is 7.88. The summed E-state index contributed by atoms with van der Waals surface area (Å²) in [5, 5.41) is 11.5. The van der Waals surface area contributed by atoms with Gasteiger partial charge in [0.05, 0.1) is 6.10 Å². The van der Waals surface area contributed by atoms with Crippen LogP contribution in [0, 0.1) is 39.9 Å². The molecule has 154 valence electrons. The Bertz CT molecular complexity index is 764. The highest BCUT2D eigenvalue weighted by Crippen LogP contribution is 2.71. The second kappa shape index (κ2) is 6.39. The van der Waals surface area contributed by atoms with Gasteiger partial charge in [-0.3, -0.25) is 9.59 Å². The van der Waals surface area contributed by atoms with E-state index in [2.05, 4.69) is 33.8 Å². The molecule has 3 heteroatoms. The number of aliphatic hydroxyl groups excluding tert-OH is 1. The first-order chi connectivity index (χ1) is 13.1. The average Bonchev–Trinajstić information content (AvgIpc) is 2.82. The molecule has 3 nitrogen and oxygen atoms in total. The molecule has 1 N–H and O–H groups in total. The SMILES string of the molecule is CCC(=O)C[C@@]1(C)[C@H](C)C[C@H]2C3CCC4=CC(=O)C=CC4(C)[C@H]3C(O)CC21C. The van der Waals surface area contributed by atoms with E-state index in [0.29, 0.717) is 36.4 Å². The van der Waals surface area contributed by atoms with E-state index in [9.17, 15) is 14.7 Å². The normalized spacial score (nSPS) is 49.9. The lowest BCUT2D eigenvalue weighted by Gasteiger charge is -2.60. The Balaban J connectivity index is 1.73. The predicted octanol–water partition coefficient (Wildman–Crippen LogP) is 4.89. The lowest BCUT2D eigenvalue weighted by molar-refractivity contribution is -0.144. The summed E-state index contributed by atoms with van der Waals surface area (Å²) in [5.74, 6) is 2.08. The van der Waals surface area contributed by atoms with Gasteiger partial charge in [-0.05, 0) is 66.4 Å². The molecule has 0 aromatic heterocycles. The molecule has 28 heavy (non-hydrogen) atoms. The number of fused-ring (bicyclic) bond motifs is 5. The average molecular weight is 385 g/mol. The van der Waals surface area contributed by atoms with Gasteiger partial charge in [0.2, 0.25) is 0 Å². The van der Waals surface area contributed by atoms with E-state index >= 15 is 0 Å². The minimum atomic E-state index is -0.390. The summed E-state index contributed by atoms with van der Waals surface area (Å²) in [6.45, 7) is 11.2. The predicted molar refractivity (Wildman–Crippen MR) is 111 cm³/mol. The van der Waals surface area contributed by atoms with E-state index in [4.69, 9.17) is 0 Å². The van der Waals surface area contributed by atoms with Gasteiger partial charge in [0, 0.05) is 24.2 Å². The van der Waals surface area contributed by atoms with Crippen molar-refractivity contribution >= 4 is 11.6 Å². The van der Waals surface area contributed by atoms with E-state index in [1.807, 2.05) is 13.0 Å². The van der Waals surface area contributed by atoms with Crippen LogP contribution in [0.1, 0.15) is 73.1 Å².